The molecule has 7 heteroatoms. The van der Waals surface area contributed by atoms with Crippen LogP contribution in [0.2, 0.25) is 5.02 Å². The number of anilines is 1. The zero-order chi connectivity index (χ0) is 22.1. The fourth-order valence-electron chi connectivity index (χ4n) is 3.70. The first-order valence-corrected chi connectivity index (χ1v) is 9.92. The molecule has 0 spiro atoms. The van der Waals surface area contributed by atoms with Gasteiger partial charge in [0.2, 0.25) is 0 Å². The molecule has 1 saturated heterocycles. The SMILES string of the molecule is COc1ccc(Cl)cc1/C(O)=C1\C(=O)C(=O)N(c2cccc(C)c2)C1c1ccccn1. The van der Waals surface area contributed by atoms with Crippen LogP contribution in [0.5, 0.6) is 5.75 Å². The maximum Gasteiger partial charge on any atom is 0.300 e. The van der Waals surface area contributed by atoms with Crippen LogP contribution < -0.4 is 9.64 Å². The molecule has 3 aromatic rings. The van der Waals surface area contributed by atoms with Gasteiger partial charge in [-0.15, -0.1) is 0 Å². The van der Waals surface area contributed by atoms with Gasteiger partial charge in [0.1, 0.15) is 17.6 Å². The Morgan fingerprint density at radius 2 is 1.90 bits per heavy atom. The topological polar surface area (TPSA) is 79.7 Å². The van der Waals surface area contributed by atoms with Crippen molar-refractivity contribution in [2.24, 2.45) is 0 Å². The molecule has 1 aromatic heterocycles. The molecule has 1 aliphatic rings. The van der Waals surface area contributed by atoms with Crippen LogP contribution >= 0.6 is 11.6 Å². The van der Waals surface area contributed by atoms with Gasteiger partial charge in [-0.25, -0.2) is 0 Å². The number of aliphatic hydroxyl groups is 1. The lowest BCUT2D eigenvalue weighted by atomic mass is 9.97. The molecule has 31 heavy (non-hydrogen) atoms. The second kappa shape index (κ2) is 8.24. The number of carbonyl (C=O) groups excluding carboxylic acids is 2. The third kappa shape index (κ3) is 3.66. The number of rotatable bonds is 4. The van der Waals surface area contributed by atoms with Gasteiger partial charge in [0.05, 0.1) is 23.9 Å². The lowest BCUT2D eigenvalue weighted by Gasteiger charge is -2.25. The number of aromatic nitrogens is 1. The van der Waals surface area contributed by atoms with Crippen LogP contribution in [0.15, 0.2) is 72.4 Å². The minimum atomic E-state index is -0.910. The molecule has 1 amide bonds. The molecule has 1 unspecified atom stereocenters. The summed E-state index contributed by atoms with van der Waals surface area (Å²) in [6, 6.07) is 16.2. The molecular formula is C24H19ClN2O4. The lowest BCUT2D eigenvalue weighted by molar-refractivity contribution is -0.132. The number of amides is 1. The van der Waals surface area contributed by atoms with Crippen molar-refractivity contribution in [2.75, 3.05) is 12.0 Å². The highest BCUT2D eigenvalue weighted by molar-refractivity contribution is 6.51. The van der Waals surface area contributed by atoms with E-state index in [1.165, 1.54) is 18.1 Å². The van der Waals surface area contributed by atoms with E-state index in [9.17, 15) is 14.7 Å². The minimum Gasteiger partial charge on any atom is -0.507 e. The van der Waals surface area contributed by atoms with Crippen molar-refractivity contribution in [3.8, 4) is 5.75 Å². The molecule has 1 aliphatic heterocycles. The number of aryl methyl sites for hydroxylation is 1. The van der Waals surface area contributed by atoms with Crippen molar-refractivity contribution >= 4 is 34.7 Å². The summed E-state index contributed by atoms with van der Waals surface area (Å²) in [5.41, 5.74) is 2.06. The fourth-order valence-corrected chi connectivity index (χ4v) is 3.88. The smallest absolute Gasteiger partial charge is 0.300 e. The first-order valence-electron chi connectivity index (χ1n) is 9.55. The van der Waals surface area contributed by atoms with E-state index in [4.69, 9.17) is 16.3 Å². The van der Waals surface area contributed by atoms with E-state index in [1.807, 2.05) is 13.0 Å². The summed E-state index contributed by atoms with van der Waals surface area (Å²) in [6.07, 6.45) is 1.58. The number of Topliss-reactive ketones (excluding diaryl/α,β-unsaturated/α-hetero) is 1. The van der Waals surface area contributed by atoms with Gasteiger partial charge in [0.25, 0.3) is 11.7 Å². The average Bonchev–Trinajstić information content (AvgIpc) is 3.04. The van der Waals surface area contributed by atoms with E-state index in [1.54, 1.807) is 54.7 Å². The Balaban J connectivity index is 1.99. The van der Waals surface area contributed by atoms with Gasteiger partial charge in [-0.2, -0.15) is 0 Å². The zero-order valence-corrected chi connectivity index (χ0v) is 17.6. The Kier molecular flexibility index (Phi) is 5.48. The van der Waals surface area contributed by atoms with Crippen molar-refractivity contribution in [1.82, 2.24) is 4.98 Å². The summed E-state index contributed by atoms with van der Waals surface area (Å²) in [6.45, 7) is 1.90. The molecule has 2 aromatic carbocycles. The Labute approximate surface area is 184 Å². The summed E-state index contributed by atoms with van der Waals surface area (Å²) in [5.74, 6) is -1.60. The van der Waals surface area contributed by atoms with Gasteiger partial charge in [-0.3, -0.25) is 19.5 Å². The predicted molar refractivity (Wildman–Crippen MR) is 118 cm³/mol. The van der Waals surface area contributed by atoms with Crippen LogP contribution in [0, 0.1) is 6.92 Å². The largest absolute Gasteiger partial charge is 0.507 e. The van der Waals surface area contributed by atoms with E-state index in [0.29, 0.717) is 22.2 Å². The van der Waals surface area contributed by atoms with Gasteiger partial charge < -0.3 is 9.84 Å². The average molecular weight is 435 g/mol. The van der Waals surface area contributed by atoms with Gasteiger partial charge in [0, 0.05) is 16.9 Å². The van der Waals surface area contributed by atoms with Gasteiger partial charge in [-0.1, -0.05) is 29.8 Å². The number of methoxy groups -OCH3 is 1. The molecule has 1 N–H and O–H groups in total. The quantitative estimate of drug-likeness (QED) is 0.366. The Morgan fingerprint density at radius 1 is 1.10 bits per heavy atom. The highest BCUT2D eigenvalue weighted by Crippen LogP contribution is 2.43. The van der Waals surface area contributed by atoms with E-state index in [-0.39, 0.29) is 16.9 Å². The fraction of sp³-hybridized carbons (Fsp3) is 0.125. The summed E-state index contributed by atoms with van der Waals surface area (Å²) in [4.78, 5) is 32.0. The number of hydrogen-bond acceptors (Lipinski definition) is 5. The lowest BCUT2D eigenvalue weighted by Crippen LogP contribution is -2.29. The summed E-state index contributed by atoms with van der Waals surface area (Å²) >= 11 is 6.12. The third-order valence-electron chi connectivity index (χ3n) is 5.11. The standard InChI is InChI=1S/C24H19ClN2O4/c1-14-6-5-7-16(12-14)27-21(18-8-3-4-11-26-18)20(23(29)24(27)30)22(28)17-13-15(25)9-10-19(17)31-2/h3-13,21,28H,1-2H3/b22-20+. The van der Waals surface area contributed by atoms with Crippen LogP contribution in [-0.2, 0) is 9.59 Å². The molecule has 2 heterocycles. The Morgan fingerprint density at radius 3 is 2.58 bits per heavy atom. The number of benzene rings is 2. The van der Waals surface area contributed by atoms with Crippen LogP contribution in [0.25, 0.3) is 5.76 Å². The van der Waals surface area contributed by atoms with Gasteiger partial charge >= 0.3 is 0 Å². The van der Waals surface area contributed by atoms with Crippen LogP contribution in [-0.4, -0.2) is 28.9 Å². The molecular weight excluding hydrogens is 416 g/mol. The van der Waals surface area contributed by atoms with Crippen LogP contribution in [0.1, 0.15) is 22.9 Å². The van der Waals surface area contributed by atoms with Crippen molar-refractivity contribution in [3.05, 3.63) is 94.3 Å². The highest BCUT2D eigenvalue weighted by Gasteiger charge is 2.47. The number of ketones is 1. The monoisotopic (exact) mass is 434 g/mol. The van der Waals surface area contributed by atoms with Crippen LogP contribution in [0.4, 0.5) is 5.69 Å². The van der Waals surface area contributed by atoms with Crippen molar-refractivity contribution in [2.45, 2.75) is 13.0 Å². The second-order valence-electron chi connectivity index (χ2n) is 7.11. The molecule has 0 bridgehead atoms. The maximum atomic E-state index is 13.1. The van der Waals surface area contributed by atoms with Gasteiger partial charge in [0.15, 0.2) is 0 Å². The van der Waals surface area contributed by atoms with Crippen molar-refractivity contribution in [1.29, 1.82) is 0 Å². The van der Waals surface area contributed by atoms with Crippen molar-refractivity contribution < 1.29 is 19.4 Å². The Hall–Kier alpha value is -3.64. The van der Waals surface area contributed by atoms with E-state index in [2.05, 4.69) is 4.98 Å². The number of aliphatic hydroxyl groups excluding tert-OH is 1. The number of hydrogen-bond donors (Lipinski definition) is 1. The molecule has 4 rings (SSSR count). The van der Waals surface area contributed by atoms with Gasteiger partial charge in [-0.05, 0) is 55.0 Å². The zero-order valence-electron chi connectivity index (χ0n) is 16.9. The van der Waals surface area contributed by atoms with E-state index >= 15 is 0 Å². The molecule has 6 nitrogen and oxygen atoms in total. The third-order valence-corrected chi connectivity index (χ3v) is 5.34. The van der Waals surface area contributed by atoms with Crippen LogP contribution in [0.3, 0.4) is 0 Å². The minimum absolute atomic E-state index is 0.0780. The molecule has 0 aliphatic carbocycles. The molecule has 0 radical (unpaired) electrons. The number of nitrogens with zero attached hydrogens (tertiary/aromatic N) is 2. The summed E-state index contributed by atoms with van der Waals surface area (Å²) < 4.78 is 5.33. The Bertz CT molecular complexity index is 1210. The second-order valence-corrected chi connectivity index (χ2v) is 7.54. The molecule has 0 saturated carbocycles. The normalized spacial score (nSPS) is 17.8. The summed E-state index contributed by atoms with van der Waals surface area (Å²) in [7, 11) is 1.45. The predicted octanol–water partition coefficient (Wildman–Crippen LogP) is 4.68. The van der Waals surface area contributed by atoms with E-state index < -0.39 is 17.7 Å². The number of halogens is 1. The molecule has 156 valence electrons. The van der Waals surface area contributed by atoms with E-state index in [0.717, 1.165) is 5.56 Å². The first-order chi connectivity index (χ1) is 14.9. The molecule has 1 fully saturated rings. The number of carbonyl (C=O) groups is 2. The highest BCUT2D eigenvalue weighted by atomic mass is 35.5. The van der Waals surface area contributed by atoms with Crippen molar-refractivity contribution in [3.63, 3.8) is 0 Å². The maximum absolute atomic E-state index is 13.1. The number of pyridine rings is 1. The summed E-state index contributed by atoms with van der Waals surface area (Å²) in [5, 5.41) is 11.6. The first kappa shape index (κ1) is 20.6. The molecule has 1 atom stereocenters. The number of ether oxygens (including phenoxy) is 1.